The van der Waals surface area contributed by atoms with Crippen LogP contribution >= 0.6 is 0 Å². The van der Waals surface area contributed by atoms with Gasteiger partial charge in [0, 0.05) is 0 Å². The van der Waals surface area contributed by atoms with E-state index in [0.717, 1.165) is 17.6 Å². The molecule has 18 heavy (non-hydrogen) atoms. The Morgan fingerprint density at radius 3 is 2.78 bits per heavy atom. The van der Waals surface area contributed by atoms with Gasteiger partial charge in [0.05, 0.1) is 0 Å². The molecule has 3 nitrogen and oxygen atoms in total. The summed E-state index contributed by atoms with van der Waals surface area (Å²) in [6, 6.07) is 7.61. The zero-order chi connectivity index (χ0) is 13.0. The molecule has 1 aromatic carbocycles. The molecule has 3 heteroatoms. The van der Waals surface area contributed by atoms with E-state index in [-0.39, 0.29) is 0 Å². The van der Waals surface area contributed by atoms with Crippen LogP contribution in [-0.4, -0.2) is 24.2 Å². The average molecular weight is 243 g/mol. The predicted octanol–water partition coefficient (Wildman–Crippen LogP) is 2.55. The fourth-order valence-corrected chi connectivity index (χ4v) is 2.13. The number of hydrogen-bond donors (Lipinski definition) is 2. The Bertz CT molecular complexity index is 503. The van der Waals surface area contributed by atoms with Crippen LogP contribution in [0.4, 0.5) is 0 Å². The summed E-state index contributed by atoms with van der Waals surface area (Å²) in [5.41, 5.74) is 3.48. The number of likely N-dealkylation sites (N-methyl/N-ethyl adjacent to an activating group) is 1. The van der Waals surface area contributed by atoms with Crippen molar-refractivity contribution in [1.82, 2.24) is 5.32 Å². The van der Waals surface area contributed by atoms with Crippen LogP contribution in [0.25, 0.3) is 12.2 Å². The molecule has 1 aromatic rings. The summed E-state index contributed by atoms with van der Waals surface area (Å²) in [7, 11) is 1.68. The van der Waals surface area contributed by atoms with Crippen molar-refractivity contribution in [2.75, 3.05) is 7.05 Å². The van der Waals surface area contributed by atoms with E-state index in [9.17, 15) is 4.79 Å². The smallest absolute Gasteiger partial charge is 0.321 e. The predicted molar refractivity (Wildman–Crippen MR) is 73.2 cm³/mol. The third-order valence-corrected chi connectivity index (χ3v) is 3.15. The first-order chi connectivity index (χ1) is 8.70. The lowest BCUT2D eigenvalue weighted by atomic mass is 10.0. The van der Waals surface area contributed by atoms with Crippen molar-refractivity contribution in [3.63, 3.8) is 0 Å². The topological polar surface area (TPSA) is 49.3 Å². The summed E-state index contributed by atoms with van der Waals surface area (Å²) in [4.78, 5) is 11.0. The van der Waals surface area contributed by atoms with Crippen LogP contribution < -0.4 is 5.32 Å². The molecule has 2 N–H and O–H groups in total. The summed E-state index contributed by atoms with van der Waals surface area (Å²) in [5, 5.41) is 11.9. The molecule has 0 bridgehead atoms. The first-order valence-corrected chi connectivity index (χ1v) is 6.06. The summed E-state index contributed by atoms with van der Waals surface area (Å²) >= 11 is 0. The van der Waals surface area contributed by atoms with Crippen LogP contribution in [0.15, 0.2) is 35.9 Å². The van der Waals surface area contributed by atoms with Gasteiger partial charge in [-0.3, -0.25) is 4.79 Å². The van der Waals surface area contributed by atoms with Crippen molar-refractivity contribution in [2.45, 2.75) is 18.9 Å². The van der Waals surface area contributed by atoms with Crippen LogP contribution in [0, 0.1) is 0 Å². The lowest BCUT2D eigenvalue weighted by Crippen LogP contribution is -2.34. The second kappa shape index (κ2) is 5.65. The van der Waals surface area contributed by atoms with Crippen LogP contribution in [0.5, 0.6) is 0 Å². The monoisotopic (exact) mass is 243 g/mol. The van der Waals surface area contributed by atoms with Crippen molar-refractivity contribution in [3.8, 4) is 0 Å². The molecule has 1 aliphatic rings. The first-order valence-electron chi connectivity index (χ1n) is 6.06. The summed E-state index contributed by atoms with van der Waals surface area (Å²) in [6.45, 7) is 0. The highest BCUT2D eigenvalue weighted by Crippen LogP contribution is 2.23. The molecular weight excluding hydrogens is 226 g/mol. The molecule has 0 aliphatic heterocycles. The summed E-state index contributed by atoms with van der Waals surface area (Å²) in [6.07, 6.45) is 7.62. The van der Waals surface area contributed by atoms with Crippen LogP contribution in [-0.2, 0) is 4.79 Å². The molecular formula is C15H17NO2. The molecule has 0 heterocycles. The van der Waals surface area contributed by atoms with Crippen LogP contribution in [0.3, 0.4) is 0 Å². The van der Waals surface area contributed by atoms with E-state index in [1.165, 1.54) is 5.56 Å². The molecule has 0 saturated carbocycles. The van der Waals surface area contributed by atoms with Gasteiger partial charge < -0.3 is 10.4 Å². The molecule has 1 aliphatic carbocycles. The maximum Gasteiger partial charge on any atom is 0.321 e. The minimum absolute atomic E-state index is 0.519. The van der Waals surface area contributed by atoms with Crippen molar-refractivity contribution >= 4 is 18.1 Å². The minimum atomic E-state index is -0.806. The maximum absolute atomic E-state index is 11.0. The number of carboxylic acids is 1. The van der Waals surface area contributed by atoms with E-state index < -0.39 is 12.0 Å². The van der Waals surface area contributed by atoms with Gasteiger partial charge in [0.15, 0.2) is 0 Å². The van der Waals surface area contributed by atoms with Gasteiger partial charge in [0.1, 0.15) is 6.04 Å². The van der Waals surface area contributed by atoms with Gasteiger partial charge >= 0.3 is 5.97 Å². The lowest BCUT2D eigenvalue weighted by molar-refractivity contribution is -0.139. The number of nitrogens with one attached hydrogen (secondary N) is 1. The molecule has 94 valence electrons. The van der Waals surface area contributed by atoms with Crippen molar-refractivity contribution < 1.29 is 9.90 Å². The van der Waals surface area contributed by atoms with Gasteiger partial charge in [0.25, 0.3) is 0 Å². The molecule has 2 rings (SSSR count). The van der Waals surface area contributed by atoms with Crippen molar-refractivity contribution in [3.05, 3.63) is 47.0 Å². The van der Waals surface area contributed by atoms with Gasteiger partial charge in [-0.25, -0.2) is 0 Å². The van der Waals surface area contributed by atoms with E-state index >= 15 is 0 Å². The summed E-state index contributed by atoms with van der Waals surface area (Å²) in [5.74, 6) is -0.806. The van der Waals surface area contributed by atoms with Gasteiger partial charge in [-0.2, -0.15) is 0 Å². The summed E-state index contributed by atoms with van der Waals surface area (Å²) < 4.78 is 0. The Labute approximate surface area is 107 Å². The van der Waals surface area contributed by atoms with E-state index in [0.29, 0.717) is 6.42 Å². The van der Waals surface area contributed by atoms with Gasteiger partial charge in [0.2, 0.25) is 0 Å². The SMILES string of the molecule is CNC(CC1=Cc2ccccc2C=CC1)C(=O)O. The Hall–Kier alpha value is -1.87. The highest BCUT2D eigenvalue weighted by atomic mass is 16.4. The lowest BCUT2D eigenvalue weighted by Gasteiger charge is -2.12. The number of carbonyl (C=O) groups is 1. The second-order valence-electron chi connectivity index (χ2n) is 4.42. The highest BCUT2D eigenvalue weighted by molar-refractivity contribution is 5.75. The van der Waals surface area contributed by atoms with Gasteiger partial charge in [-0.15, -0.1) is 0 Å². The average Bonchev–Trinajstić information content (AvgIpc) is 2.57. The Balaban J connectivity index is 2.23. The zero-order valence-corrected chi connectivity index (χ0v) is 10.4. The van der Waals surface area contributed by atoms with Gasteiger partial charge in [-0.05, 0) is 31.0 Å². The molecule has 0 amide bonds. The van der Waals surface area contributed by atoms with E-state index in [4.69, 9.17) is 5.11 Å². The normalized spacial score (nSPS) is 15.5. The standard InChI is InChI=1S/C15H17NO2/c1-16-14(15(17)18)10-11-5-4-8-12-6-2-3-7-13(12)9-11/h2-4,6-9,14,16H,5,10H2,1H3,(H,17,18). The molecule has 0 saturated heterocycles. The molecule has 0 spiro atoms. The number of rotatable bonds is 4. The molecule has 0 fully saturated rings. The van der Waals surface area contributed by atoms with Crippen molar-refractivity contribution in [1.29, 1.82) is 0 Å². The number of fused-ring (bicyclic) bond motifs is 1. The highest BCUT2D eigenvalue weighted by Gasteiger charge is 2.17. The Morgan fingerprint density at radius 2 is 2.11 bits per heavy atom. The maximum atomic E-state index is 11.0. The molecule has 0 radical (unpaired) electrons. The number of carboxylic acid groups (broad SMARTS) is 1. The fraction of sp³-hybridized carbons (Fsp3) is 0.267. The molecule has 1 unspecified atom stereocenters. The second-order valence-corrected chi connectivity index (χ2v) is 4.42. The van der Waals surface area contributed by atoms with E-state index in [2.05, 4.69) is 35.7 Å². The number of benzene rings is 1. The number of aliphatic carboxylic acids is 1. The Morgan fingerprint density at radius 1 is 1.39 bits per heavy atom. The first kappa shape index (κ1) is 12.6. The third-order valence-electron chi connectivity index (χ3n) is 3.15. The van der Waals surface area contributed by atoms with E-state index in [1.54, 1.807) is 7.05 Å². The Kier molecular flexibility index (Phi) is 3.95. The molecule has 1 atom stereocenters. The largest absolute Gasteiger partial charge is 0.480 e. The van der Waals surface area contributed by atoms with Crippen LogP contribution in [0.1, 0.15) is 24.0 Å². The van der Waals surface area contributed by atoms with Crippen molar-refractivity contribution in [2.24, 2.45) is 0 Å². The van der Waals surface area contributed by atoms with Gasteiger partial charge in [-0.1, -0.05) is 48.1 Å². The minimum Gasteiger partial charge on any atom is -0.480 e. The fourth-order valence-electron chi connectivity index (χ4n) is 2.13. The van der Waals surface area contributed by atoms with Crippen LogP contribution in [0.2, 0.25) is 0 Å². The zero-order valence-electron chi connectivity index (χ0n) is 10.4. The number of hydrogen-bond acceptors (Lipinski definition) is 2. The third kappa shape index (κ3) is 2.87. The van der Waals surface area contributed by atoms with E-state index in [1.807, 2.05) is 12.1 Å². The molecule has 0 aromatic heterocycles. The quantitative estimate of drug-likeness (QED) is 0.854. The number of allylic oxidation sites excluding steroid dienone is 1.